The van der Waals surface area contributed by atoms with Crippen molar-refractivity contribution in [2.75, 3.05) is 0 Å². The smallest absolute Gasteiger partial charge is 0.134 e. The molecule has 0 amide bonds. The van der Waals surface area contributed by atoms with Crippen LogP contribution in [-0.4, -0.2) is 30.2 Å². The molecule has 5 rings (SSSR count). The molecule has 5 aromatic rings. The number of nitrogens with one attached hydrogen (secondary N) is 1. The number of hydrogen-bond acceptors (Lipinski definition) is 4. The molecule has 3 aromatic heterocycles. The van der Waals surface area contributed by atoms with Crippen LogP contribution in [0.2, 0.25) is 0 Å². The highest BCUT2D eigenvalue weighted by Gasteiger charge is 2.12. The lowest BCUT2D eigenvalue weighted by atomic mass is 10.1. The highest BCUT2D eigenvalue weighted by Crippen LogP contribution is 2.25. The Morgan fingerprint density at radius 2 is 1.78 bits per heavy atom. The Balaban J connectivity index is 1.48. The van der Waals surface area contributed by atoms with E-state index in [1.165, 1.54) is 0 Å². The van der Waals surface area contributed by atoms with Crippen molar-refractivity contribution in [2.45, 2.75) is 6.92 Å². The third-order valence-electron chi connectivity index (χ3n) is 4.57. The molecule has 130 valence electrons. The first-order valence-corrected chi connectivity index (χ1v) is 8.67. The Bertz CT molecular complexity index is 1230. The van der Waals surface area contributed by atoms with Crippen molar-refractivity contribution < 1.29 is 0 Å². The van der Waals surface area contributed by atoms with Gasteiger partial charge in [0.25, 0.3) is 0 Å². The molecule has 0 aliphatic carbocycles. The third kappa shape index (κ3) is 2.77. The molecule has 6 nitrogen and oxygen atoms in total. The molecular weight excluding hydrogens is 336 g/mol. The Kier molecular flexibility index (Phi) is 3.53. The number of hydrogen-bond donors (Lipinski definition) is 1. The summed E-state index contributed by atoms with van der Waals surface area (Å²) in [5.74, 6) is 0. The number of rotatable bonds is 3. The van der Waals surface area contributed by atoms with Gasteiger partial charge in [0.15, 0.2) is 0 Å². The van der Waals surface area contributed by atoms with E-state index in [4.69, 9.17) is 0 Å². The van der Waals surface area contributed by atoms with Crippen LogP contribution in [0.3, 0.4) is 0 Å². The third-order valence-corrected chi connectivity index (χ3v) is 4.57. The molecule has 0 aliphatic rings. The maximum atomic E-state index is 4.39. The van der Waals surface area contributed by atoms with Crippen LogP contribution in [0.15, 0.2) is 73.1 Å². The summed E-state index contributed by atoms with van der Waals surface area (Å²) in [4.78, 5) is 4.25. The number of nitrogens with zero attached hydrogens (tertiary/aromatic N) is 5. The minimum Gasteiger partial charge on any atom is -0.277 e. The molecule has 27 heavy (non-hydrogen) atoms. The molecule has 0 fully saturated rings. The summed E-state index contributed by atoms with van der Waals surface area (Å²) in [6.07, 6.45) is 3.73. The van der Waals surface area contributed by atoms with E-state index in [9.17, 15) is 0 Å². The second kappa shape index (κ2) is 6.17. The molecule has 0 atom stereocenters. The minimum absolute atomic E-state index is 0.737. The van der Waals surface area contributed by atoms with Crippen molar-refractivity contribution in [2.24, 2.45) is 0 Å². The number of para-hydroxylation sites is 1. The summed E-state index contributed by atoms with van der Waals surface area (Å²) in [6, 6.07) is 20.3. The Morgan fingerprint density at radius 1 is 0.926 bits per heavy atom. The van der Waals surface area contributed by atoms with E-state index >= 15 is 0 Å². The lowest BCUT2D eigenvalue weighted by Crippen LogP contribution is -1.94. The number of pyridine rings is 1. The summed E-state index contributed by atoms with van der Waals surface area (Å²) in [5.41, 5.74) is 6.77. The Morgan fingerprint density at radius 3 is 2.63 bits per heavy atom. The summed E-state index contributed by atoms with van der Waals surface area (Å²) in [5, 5.41) is 17.0. The van der Waals surface area contributed by atoms with Gasteiger partial charge in [0.2, 0.25) is 0 Å². The SMILES string of the molecule is Cc1cc(-c2ccc(-n3cc(-c4n[nH]c5ccccc45)nn3)cc2)ccn1. The number of aromatic nitrogens is 6. The largest absolute Gasteiger partial charge is 0.277 e. The second-order valence-corrected chi connectivity index (χ2v) is 6.40. The molecule has 3 heterocycles. The van der Waals surface area contributed by atoms with Gasteiger partial charge >= 0.3 is 0 Å². The molecule has 2 aromatic carbocycles. The first kappa shape index (κ1) is 15.5. The van der Waals surface area contributed by atoms with Gasteiger partial charge in [-0.3, -0.25) is 10.1 Å². The van der Waals surface area contributed by atoms with Crippen LogP contribution in [0.4, 0.5) is 0 Å². The van der Waals surface area contributed by atoms with E-state index in [0.29, 0.717) is 0 Å². The summed E-state index contributed by atoms with van der Waals surface area (Å²) >= 11 is 0. The first-order valence-electron chi connectivity index (χ1n) is 8.67. The number of aryl methyl sites for hydroxylation is 1. The van der Waals surface area contributed by atoms with E-state index in [2.05, 4.69) is 43.7 Å². The molecular formula is C21H16N6. The summed E-state index contributed by atoms with van der Waals surface area (Å²) < 4.78 is 1.76. The molecule has 0 saturated carbocycles. The Hall–Kier alpha value is -3.80. The van der Waals surface area contributed by atoms with Crippen LogP contribution in [0, 0.1) is 6.92 Å². The predicted octanol–water partition coefficient (Wildman–Crippen LogP) is 4.18. The first-order chi connectivity index (χ1) is 13.3. The molecule has 0 unspecified atom stereocenters. The van der Waals surface area contributed by atoms with Crippen LogP contribution >= 0.6 is 0 Å². The van der Waals surface area contributed by atoms with E-state index < -0.39 is 0 Å². The number of fused-ring (bicyclic) bond motifs is 1. The fourth-order valence-corrected chi connectivity index (χ4v) is 3.19. The van der Waals surface area contributed by atoms with Gasteiger partial charge in [-0.15, -0.1) is 5.10 Å². The Labute approximate surface area is 155 Å². The van der Waals surface area contributed by atoms with Crippen molar-refractivity contribution in [3.8, 4) is 28.2 Å². The van der Waals surface area contributed by atoms with Gasteiger partial charge in [0, 0.05) is 17.3 Å². The average Bonchev–Trinajstić information content (AvgIpc) is 3.35. The maximum Gasteiger partial charge on any atom is 0.134 e. The minimum atomic E-state index is 0.737. The molecule has 1 N–H and O–H groups in total. The van der Waals surface area contributed by atoms with Gasteiger partial charge in [-0.2, -0.15) is 5.10 Å². The van der Waals surface area contributed by atoms with E-state index in [1.807, 2.05) is 61.8 Å². The molecule has 6 heteroatoms. The monoisotopic (exact) mass is 352 g/mol. The van der Waals surface area contributed by atoms with Crippen LogP contribution in [0.25, 0.3) is 39.1 Å². The van der Waals surface area contributed by atoms with Crippen LogP contribution < -0.4 is 0 Å². The zero-order valence-corrected chi connectivity index (χ0v) is 14.7. The quantitative estimate of drug-likeness (QED) is 0.529. The van der Waals surface area contributed by atoms with Gasteiger partial charge in [0.1, 0.15) is 11.4 Å². The fraction of sp³-hybridized carbons (Fsp3) is 0.0476. The van der Waals surface area contributed by atoms with Gasteiger partial charge in [-0.25, -0.2) is 4.68 Å². The van der Waals surface area contributed by atoms with E-state index in [-0.39, 0.29) is 0 Å². The average molecular weight is 352 g/mol. The van der Waals surface area contributed by atoms with Crippen LogP contribution in [-0.2, 0) is 0 Å². The molecule has 0 aliphatic heterocycles. The summed E-state index contributed by atoms with van der Waals surface area (Å²) in [7, 11) is 0. The summed E-state index contributed by atoms with van der Waals surface area (Å²) in [6.45, 7) is 1.99. The van der Waals surface area contributed by atoms with Crippen molar-refractivity contribution in [1.29, 1.82) is 0 Å². The number of benzene rings is 2. The number of aromatic amines is 1. The molecule has 0 saturated heterocycles. The highest BCUT2D eigenvalue weighted by molar-refractivity contribution is 5.91. The topological polar surface area (TPSA) is 72.3 Å². The van der Waals surface area contributed by atoms with Crippen molar-refractivity contribution in [3.05, 3.63) is 78.8 Å². The standard InChI is InChI=1S/C21H16N6/c1-14-12-16(10-11-22-14)15-6-8-17(9-7-15)27-13-20(24-26-27)21-18-4-2-3-5-19(18)23-25-21/h2-13H,1H3,(H,23,25). The zero-order valence-electron chi connectivity index (χ0n) is 14.7. The van der Waals surface area contributed by atoms with Crippen LogP contribution in [0.1, 0.15) is 5.69 Å². The highest BCUT2D eigenvalue weighted by atomic mass is 15.4. The van der Waals surface area contributed by atoms with Crippen molar-refractivity contribution >= 4 is 10.9 Å². The second-order valence-electron chi connectivity index (χ2n) is 6.40. The fourth-order valence-electron chi connectivity index (χ4n) is 3.19. The van der Waals surface area contributed by atoms with Gasteiger partial charge < -0.3 is 0 Å². The van der Waals surface area contributed by atoms with E-state index in [1.54, 1.807) is 4.68 Å². The zero-order chi connectivity index (χ0) is 18.2. The van der Waals surface area contributed by atoms with Crippen molar-refractivity contribution in [3.63, 3.8) is 0 Å². The van der Waals surface area contributed by atoms with Gasteiger partial charge in [-0.1, -0.05) is 35.5 Å². The van der Waals surface area contributed by atoms with E-state index in [0.717, 1.165) is 44.8 Å². The maximum absolute atomic E-state index is 4.39. The number of H-pyrrole nitrogens is 1. The normalized spacial score (nSPS) is 11.1. The molecule has 0 spiro atoms. The van der Waals surface area contributed by atoms with Crippen molar-refractivity contribution in [1.82, 2.24) is 30.2 Å². The lowest BCUT2D eigenvalue weighted by Gasteiger charge is -2.04. The molecule has 0 radical (unpaired) electrons. The predicted molar refractivity (Wildman–Crippen MR) is 104 cm³/mol. The molecule has 0 bridgehead atoms. The van der Waals surface area contributed by atoms with Gasteiger partial charge in [0.05, 0.1) is 17.4 Å². The van der Waals surface area contributed by atoms with Crippen LogP contribution in [0.5, 0.6) is 0 Å². The lowest BCUT2D eigenvalue weighted by molar-refractivity contribution is 0.804. The van der Waals surface area contributed by atoms with Gasteiger partial charge in [-0.05, 0) is 48.4 Å².